The Hall–Kier alpha value is -0.0800. The zero-order chi connectivity index (χ0) is 13.9. The molecule has 106 valence electrons. The highest BCUT2D eigenvalue weighted by Crippen LogP contribution is 2.63. The van der Waals surface area contributed by atoms with Gasteiger partial charge in [-0.05, 0) is 53.1 Å². The minimum atomic E-state index is 0.299. The minimum absolute atomic E-state index is 0.299. The number of hydrogen-bond acceptors (Lipinski definition) is 2. The summed E-state index contributed by atoms with van der Waals surface area (Å²) in [6, 6.07) is 1.56. The SMILES string of the molecule is CN(C)C[C@@]12CC(C(C)(C)C)N(C(C)(C)C)[C@@H]1C2. The van der Waals surface area contributed by atoms with Gasteiger partial charge in [0.25, 0.3) is 0 Å². The van der Waals surface area contributed by atoms with Gasteiger partial charge >= 0.3 is 0 Å². The predicted octanol–water partition coefficient (Wildman–Crippen LogP) is 3.23. The first-order valence-electron chi connectivity index (χ1n) is 7.41. The average Bonchev–Trinajstić information content (AvgIpc) is 2.64. The molecule has 3 atom stereocenters. The van der Waals surface area contributed by atoms with Gasteiger partial charge < -0.3 is 4.90 Å². The van der Waals surface area contributed by atoms with E-state index in [0.717, 1.165) is 12.1 Å². The molecule has 0 radical (unpaired) electrons. The van der Waals surface area contributed by atoms with Crippen LogP contribution in [-0.2, 0) is 0 Å². The van der Waals surface area contributed by atoms with Crippen LogP contribution in [-0.4, -0.2) is 48.1 Å². The highest BCUT2D eigenvalue weighted by molar-refractivity contribution is 5.21. The molecule has 2 heteroatoms. The first-order chi connectivity index (χ1) is 7.97. The Balaban J connectivity index is 2.23. The highest BCUT2D eigenvalue weighted by atomic mass is 15.3. The molecule has 2 fully saturated rings. The van der Waals surface area contributed by atoms with Crippen molar-refractivity contribution in [2.24, 2.45) is 10.8 Å². The van der Waals surface area contributed by atoms with Crippen LogP contribution in [0.15, 0.2) is 0 Å². The quantitative estimate of drug-likeness (QED) is 0.744. The Bertz CT molecular complexity index is 321. The van der Waals surface area contributed by atoms with Gasteiger partial charge in [-0.2, -0.15) is 0 Å². The Morgan fingerprint density at radius 2 is 1.61 bits per heavy atom. The molecule has 2 nitrogen and oxygen atoms in total. The Morgan fingerprint density at radius 3 is 1.94 bits per heavy atom. The maximum atomic E-state index is 2.83. The summed E-state index contributed by atoms with van der Waals surface area (Å²) in [5.74, 6) is 0. The van der Waals surface area contributed by atoms with Crippen molar-refractivity contribution in [3.05, 3.63) is 0 Å². The molecule has 2 aliphatic rings. The van der Waals surface area contributed by atoms with Gasteiger partial charge in [0.2, 0.25) is 0 Å². The van der Waals surface area contributed by atoms with Crippen molar-refractivity contribution in [3.8, 4) is 0 Å². The molecule has 1 heterocycles. The summed E-state index contributed by atoms with van der Waals surface area (Å²) >= 11 is 0. The van der Waals surface area contributed by atoms with Gasteiger partial charge in [-0.25, -0.2) is 0 Å². The van der Waals surface area contributed by atoms with Crippen LogP contribution in [0.5, 0.6) is 0 Å². The summed E-state index contributed by atoms with van der Waals surface area (Å²) in [7, 11) is 4.44. The summed E-state index contributed by atoms with van der Waals surface area (Å²) in [4.78, 5) is 5.21. The third-order valence-electron chi connectivity index (χ3n) is 4.82. The van der Waals surface area contributed by atoms with Gasteiger partial charge in [-0.15, -0.1) is 0 Å². The van der Waals surface area contributed by atoms with Gasteiger partial charge in [0.05, 0.1) is 0 Å². The molecule has 0 aromatic heterocycles. The molecule has 0 N–H and O–H groups in total. The van der Waals surface area contributed by atoms with Crippen LogP contribution in [0.4, 0.5) is 0 Å². The maximum absolute atomic E-state index is 2.83. The van der Waals surface area contributed by atoms with Crippen molar-refractivity contribution in [2.45, 2.75) is 72.0 Å². The van der Waals surface area contributed by atoms with Crippen molar-refractivity contribution in [1.82, 2.24) is 9.80 Å². The summed E-state index contributed by atoms with van der Waals surface area (Å²) in [5, 5.41) is 0. The minimum Gasteiger partial charge on any atom is -0.309 e. The van der Waals surface area contributed by atoms with Crippen LogP contribution in [0.3, 0.4) is 0 Å². The molecule has 0 aromatic rings. The zero-order valence-electron chi connectivity index (χ0n) is 13.7. The van der Waals surface area contributed by atoms with Crippen molar-refractivity contribution < 1.29 is 0 Å². The van der Waals surface area contributed by atoms with E-state index in [-0.39, 0.29) is 0 Å². The third-order valence-corrected chi connectivity index (χ3v) is 4.82. The largest absolute Gasteiger partial charge is 0.309 e. The third kappa shape index (κ3) is 2.34. The van der Waals surface area contributed by atoms with Gasteiger partial charge in [0.15, 0.2) is 0 Å². The fourth-order valence-corrected chi connectivity index (χ4v) is 4.16. The lowest BCUT2D eigenvalue weighted by Gasteiger charge is -2.45. The Labute approximate surface area is 114 Å². The zero-order valence-corrected chi connectivity index (χ0v) is 13.7. The molecule has 2 rings (SSSR count). The molecule has 1 saturated carbocycles. The van der Waals surface area contributed by atoms with Crippen molar-refractivity contribution in [3.63, 3.8) is 0 Å². The van der Waals surface area contributed by atoms with Crippen LogP contribution >= 0.6 is 0 Å². The second-order valence-electron chi connectivity index (χ2n) is 8.98. The Morgan fingerprint density at radius 1 is 1.06 bits per heavy atom. The lowest BCUT2D eigenvalue weighted by atomic mass is 9.80. The van der Waals surface area contributed by atoms with E-state index in [2.05, 4.69) is 65.4 Å². The molecule has 1 aliphatic carbocycles. The van der Waals surface area contributed by atoms with Crippen LogP contribution in [0.2, 0.25) is 0 Å². The lowest BCUT2D eigenvalue weighted by Crippen LogP contribution is -2.51. The summed E-state index contributed by atoms with van der Waals surface area (Å²) in [5.41, 5.74) is 1.28. The highest BCUT2D eigenvalue weighted by Gasteiger charge is 2.67. The van der Waals surface area contributed by atoms with Crippen LogP contribution in [0.25, 0.3) is 0 Å². The molecule has 0 aromatic carbocycles. The van der Waals surface area contributed by atoms with Gasteiger partial charge in [0.1, 0.15) is 0 Å². The van der Waals surface area contributed by atoms with Crippen LogP contribution in [0, 0.1) is 10.8 Å². The van der Waals surface area contributed by atoms with E-state index < -0.39 is 0 Å². The fraction of sp³-hybridized carbons (Fsp3) is 1.00. The Kier molecular flexibility index (Phi) is 3.15. The molecule has 1 unspecified atom stereocenters. The number of nitrogens with zero attached hydrogens (tertiary/aromatic N) is 2. The van der Waals surface area contributed by atoms with E-state index in [0.29, 0.717) is 16.4 Å². The summed E-state index contributed by atoms with van der Waals surface area (Å²) in [6.45, 7) is 15.6. The summed E-state index contributed by atoms with van der Waals surface area (Å²) in [6.07, 6.45) is 2.80. The van der Waals surface area contributed by atoms with Crippen molar-refractivity contribution in [2.75, 3.05) is 20.6 Å². The molecular formula is C16H32N2. The standard InChI is InChI=1S/C16H32N2/c1-14(2,3)12-9-16(11-17(7)8)10-13(16)18(12)15(4,5)6/h12-13H,9-11H2,1-8H3/t12?,13-,16+/m1/s1. The molecular weight excluding hydrogens is 220 g/mol. The first kappa shape index (κ1) is 14.3. The second-order valence-corrected chi connectivity index (χ2v) is 8.98. The number of piperidine rings is 1. The predicted molar refractivity (Wildman–Crippen MR) is 78.8 cm³/mol. The number of fused-ring (bicyclic) bond motifs is 1. The van der Waals surface area contributed by atoms with Crippen LogP contribution in [0.1, 0.15) is 54.4 Å². The average molecular weight is 252 g/mol. The lowest BCUT2D eigenvalue weighted by molar-refractivity contribution is 0.0362. The van der Waals surface area contributed by atoms with E-state index in [1.54, 1.807) is 0 Å². The van der Waals surface area contributed by atoms with E-state index in [1.807, 2.05) is 0 Å². The summed E-state index contributed by atoms with van der Waals surface area (Å²) < 4.78 is 0. The van der Waals surface area contributed by atoms with E-state index in [4.69, 9.17) is 0 Å². The van der Waals surface area contributed by atoms with Gasteiger partial charge in [0, 0.05) is 29.6 Å². The van der Waals surface area contributed by atoms with Crippen molar-refractivity contribution >= 4 is 0 Å². The van der Waals surface area contributed by atoms with E-state index in [9.17, 15) is 0 Å². The van der Waals surface area contributed by atoms with E-state index >= 15 is 0 Å². The van der Waals surface area contributed by atoms with Crippen LogP contribution < -0.4 is 0 Å². The molecule has 0 bridgehead atoms. The van der Waals surface area contributed by atoms with Crippen molar-refractivity contribution in [1.29, 1.82) is 0 Å². The number of likely N-dealkylation sites (tertiary alicyclic amines) is 1. The normalized spacial score (nSPS) is 37.2. The number of hydrogen-bond donors (Lipinski definition) is 0. The van der Waals surface area contributed by atoms with Gasteiger partial charge in [-0.3, -0.25) is 4.90 Å². The number of rotatable bonds is 2. The van der Waals surface area contributed by atoms with Gasteiger partial charge in [-0.1, -0.05) is 20.8 Å². The molecule has 1 saturated heterocycles. The molecule has 1 aliphatic heterocycles. The topological polar surface area (TPSA) is 6.48 Å². The first-order valence-corrected chi connectivity index (χ1v) is 7.41. The smallest absolute Gasteiger partial charge is 0.0180 e. The van der Waals surface area contributed by atoms with E-state index in [1.165, 1.54) is 19.4 Å². The molecule has 0 amide bonds. The fourth-order valence-electron chi connectivity index (χ4n) is 4.16. The second kappa shape index (κ2) is 3.96. The molecule has 0 spiro atoms. The molecule has 18 heavy (non-hydrogen) atoms. The maximum Gasteiger partial charge on any atom is 0.0180 e. The monoisotopic (exact) mass is 252 g/mol.